The molecule has 3 heterocycles. The molecule has 1 aromatic carbocycles. The summed E-state index contributed by atoms with van der Waals surface area (Å²) in [5.74, 6) is 0.927. The zero-order valence-corrected chi connectivity index (χ0v) is 18.8. The molecule has 0 atom stereocenters. The van der Waals surface area contributed by atoms with E-state index in [0.717, 1.165) is 50.1 Å². The second kappa shape index (κ2) is 10.4. The molecule has 1 fully saturated rings. The van der Waals surface area contributed by atoms with Crippen LogP contribution < -0.4 is 5.32 Å². The van der Waals surface area contributed by atoms with Crippen molar-refractivity contribution in [3.8, 4) is 5.69 Å². The molecule has 0 aliphatic carbocycles. The molecule has 2 aromatic heterocycles. The van der Waals surface area contributed by atoms with Crippen LogP contribution in [0, 0.1) is 0 Å². The van der Waals surface area contributed by atoms with Gasteiger partial charge in [-0.25, -0.2) is 4.68 Å². The van der Waals surface area contributed by atoms with Gasteiger partial charge in [0.05, 0.1) is 11.4 Å². The monoisotopic (exact) mass is 507 g/mol. The predicted octanol–water partition coefficient (Wildman–Crippen LogP) is 2.37. The molecule has 8 nitrogen and oxygen atoms in total. The minimum Gasteiger partial charge on any atom is -0.364 e. The van der Waals surface area contributed by atoms with Crippen LogP contribution in [0.4, 0.5) is 0 Å². The Hall–Kier alpha value is -2.40. The van der Waals surface area contributed by atoms with Crippen molar-refractivity contribution < 1.29 is 4.52 Å². The third kappa shape index (κ3) is 5.36. The van der Waals surface area contributed by atoms with E-state index in [0.29, 0.717) is 6.54 Å². The molecule has 0 saturated carbocycles. The fraction of sp³-hybridized carbons (Fsp3) is 0.350. The van der Waals surface area contributed by atoms with Crippen LogP contribution in [0.15, 0.2) is 64.6 Å². The van der Waals surface area contributed by atoms with E-state index in [-0.39, 0.29) is 24.0 Å². The van der Waals surface area contributed by atoms with Crippen LogP contribution in [0.3, 0.4) is 0 Å². The van der Waals surface area contributed by atoms with E-state index in [4.69, 9.17) is 4.52 Å². The Balaban J connectivity index is 0.00000240. The average Bonchev–Trinajstić information content (AvgIpc) is 3.44. The first-order valence-corrected chi connectivity index (χ1v) is 9.48. The fourth-order valence-corrected chi connectivity index (χ4v) is 3.47. The van der Waals surface area contributed by atoms with Gasteiger partial charge in [0.25, 0.3) is 0 Å². The summed E-state index contributed by atoms with van der Waals surface area (Å²) in [6.45, 7) is 5.32. The molecule has 4 rings (SSSR count). The minimum atomic E-state index is 0. The highest BCUT2D eigenvalue weighted by Crippen LogP contribution is 2.14. The van der Waals surface area contributed by atoms with Gasteiger partial charge in [-0.1, -0.05) is 23.4 Å². The number of nitrogens with one attached hydrogen (secondary N) is 1. The first-order chi connectivity index (χ1) is 13.8. The first kappa shape index (κ1) is 21.3. The number of benzene rings is 1. The lowest BCUT2D eigenvalue weighted by molar-refractivity contribution is 0.169. The molecule has 0 spiro atoms. The van der Waals surface area contributed by atoms with Crippen LogP contribution in [0.5, 0.6) is 0 Å². The molecule has 29 heavy (non-hydrogen) atoms. The quantitative estimate of drug-likeness (QED) is 0.325. The van der Waals surface area contributed by atoms with Crippen LogP contribution in [-0.4, -0.2) is 63.9 Å². The van der Waals surface area contributed by atoms with Crippen LogP contribution in [0.1, 0.15) is 11.3 Å². The molecule has 1 aliphatic heterocycles. The molecule has 0 amide bonds. The summed E-state index contributed by atoms with van der Waals surface area (Å²) in [7, 11) is 1.84. The third-order valence-corrected chi connectivity index (χ3v) is 4.94. The number of aromatic nitrogens is 3. The number of hydrogen-bond donors (Lipinski definition) is 1. The van der Waals surface area contributed by atoms with Crippen molar-refractivity contribution in [2.45, 2.75) is 13.1 Å². The highest BCUT2D eigenvalue weighted by atomic mass is 127. The summed E-state index contributed by atoms with van der Waals surface area (Å²) in [4.78, 5) is 9.17. The van der Waals surface area contributed by atoms with Crippen LogP contribution in [-0.2, 0) is 13.1 Å². The molecular formula is C20H26IN7O. The van der Waals surface area contributed by atoms with Crippen molar-refractivity contribution in [1.29, 1.82) is 0 Å². The van der Waals surface area contributed by atoms with E-state index >= 15 is 0 Å². The maximum absolute atomic E-state index is 4.92. The Morgan fingerprint density at radius 2 is 1.97 bits per heavy atom. The number of halogens is 1. The standard InChI is InChI=1S/C20H25N7O.HI/c1-21-20(26-12-10-25(11-13-26)16-18-7-14-28-24-18)22-15-17-5-2-3-6-19(17)27-9-4-8-23-27;/h2-9,14H,10-13,15-16H2,1H3,(H,21,22);1H. The fourth-order valence-electron chi connectivity index (χ4n) is 3.47. The number of para-hydroxylation sites is 1. The zero-order chi connectivity index (χ0) is 19.2. The lowest BCUT2D eigenvalue weighted by Gasteiger charge is -2.36. The Kier molecular flexibility index (Phi) is 7.64. The van der Waals surface area contributed by atoms with Crippen molar-refractivity contribution in [3.63, 3.8) is 0 Å². The second-order valence-corrected chi connectivity index (χ2v) is 6.73. The molecule has 0 unspecified atom stereocenters. The number of aliphatic imine (C=N–C) groups is 1. The summed E-state index contributed by atoms with van der Waals surface area (Å²) in [5, 5.41) is 11.9. The second-order valence-electron chi connectivity index (χ2n) is 6.73. The highest BCUT2D eigenvalue weighted by molar-refractivity contribution is 14.0. The Bertz CT molecular complexity index is 887. The molecule has 1 N–H and O–H groups in total. The normalized spacial score (nSPS) is 15.2. The van der Waals surface area contributed by atoms with Crippen molar-refractivity contribution in [2.75, 3.05) is 33.2 Å². The number of piperazine rings is 1. The van der Waals surface area contributed by atoms with Crippen molar-refractivity contribution in [2.24, 2.45) is 4.99 Å². The molecule has 0 radical (unpaired) electrons. The average molecular weight is 507 g/mol. The molecule has 9 heteroatoms. The van der Waals surface area contributed by atoms with Gasteiger partial charge in [0.15, 0.2) is 5.96 Å². The van der Waals surface area contributed by atoms with Crippen molar-refractivity contribution in [1.82, 2.24) is 30.1 Å². The van der Waals surface area contributed by atoms with Gasteiger partial charge in [-0.05, 0) is 17.7 Å². The summed E-state index contributed by atoms with van der Waals surface area (Å²) in [6, 6.07) is 12.1. The number of rotatable bonds is 5. The van der Waals surface area contributed by atoms with Gasteiger partial charge in [0.2, 0.25) is 0 Å². The maximum Gasteiger partial charge on any atom is 0.194 e. The van der Waals surface area contributed by atoms with Crippen molar-refractivity contribution >= 4 is 29.9 Å². The van der Waals surface area contributed by atoms with Crippen LogP contribution >= 0.6 is 24.0 Å². The number of guanidine groups is 1. The molecule has 0 bridgehead atoms. The Morgan fingerprint density at radius 1 is 1.14 bits per heavy atom. The predicted molar refractivity (Wildman–Crippen MR) is 123 cm³/mol. The Labute approximate surface area is 187 Å². The van der Waals surface area contributed by atoms with E-state index in [1.54, 1.807) is 12.5 Å². The lowest BCUT2D eigenvalue weighted by Crippen LogP contribution is -2.52. The lowest BCUT2D eigenvalue weighted by atomic mass is 10.2. The molecule has 154 valence electrons. The van der Waals surface area contributed by atoms with Gasteiger partial charge in [-0.2, -0.15) is 5.10 Å². The number of nitrogens with zero attached hydrogens (tertiary/aromatic N) is 6. The largest absolute Gasteiger partial charge is 0.364 e. The first-order valence-electron chi connectivity index (χ1n) is 9.48. The molecule has 1 aliphatic rings. The summed E-state index contributed by atoms with van der Waals surface area (Å²) in [5.41, 5.74) is 3.23. The summed E-state index contributed by atoms with van der Waals surface area (Å²) < 4.78 is 6.81. The molecular weight excluding hydrogens is 481 g/mol. The Morgan fingerprint density at radius 3 is 2.66 bits per heavy atom. The third-order valence-electron chi connectivity index (χ3n) is 4.94. The number of hydrogen-bond acceptors (Lipinski definition) is 5. The molecule has 3 aromatic rings. The highest BCUT2D eigenvalue weighted by Gasteiger charge is 2.20. The van der Waals surface area contributed by atoms with Gasteiger partial charge >= 0.3 is 0 Å². The SMILES string of the molecule is CN=C(NCc1ccccc1-n1cccn1)N1CCN(Cc2ccon2)CC1.I. The van der Waals surface area contributed by atoms with E-state index in [2.05, 4.69) is 48.6 Å². The van der Waals surface area contributed by atoms with E-state index in [9.17, 15) is 0 Å². The van der Waals surface area contributed by atoms with Gasteiger partial charge in [0.1, 0.15) is 6.26 Å². The maximum atomic E-state index is 4.92. The van der Waals surface area contributed by atoms with Gasteiger partial charge in [-0.3, -0.25) is 9.89 Å². The van der Waals surface area contributed by atoms with Gasteiger partial charge in [0, 0.05) is 64.8 Å². The van der Waals surface area contributed by atoms with Crippen molar-refractivity contribution in [3.05, 3.63) is 66.3 Å². The summed E-state index contributed by atoms with van der Waals surface area (Å²) in [6.07, 6.45) is 5.38. The smallest absolute Gasteiger partial charge is 0.194 e. The van der Waals surface area contributed by atoms with E-state index in [1.165, 1.54) is 5.56 Å². The van der Waals surface area contributed by atoms with Gasteiger partial charge < -0.3 is 14.7 Å². The van der Waals surface area contributed by atoms with E-state index in [1.807, 2.05) is 36.1 Å². The minimum absolute atomic E-state index is 0. The topological polar surface area (TPSA) is 74.7 Å². The molecule has 1 saturated heterocycles. The summed E-state index contributed by atoms with van der Waals surface area (Å²) >= 11 is 0. The van der Waals surface area contributed by atoms with Crippen LogP contribution in [0.25, 0.3) is 5.69 Å². The van der Waals surface area contributed by atoms with Gasteiger partial charge in [-0.15, -0.1) is 24.0 Å². The van der Waals surface area contributed by atoms with E-state index < -0.39 is 0 Å². The van der Waals surface area contributed by atoms with Crippen LogP contribution in [0.2, 0.25) is 0 Å². The zero-order valence-electron chi connectivity index (χ0n) is 16.4.